The molecular formula is C17H16ClN3O2. The molecule has 0 radical (unpaired) electrons. The van der Waals surface area contributed by atoms with E-state index < -0.39 is 11.8 Å². The van der Waals surface area contributed by atoms with Gasteiger partial charge in [0.15, 0.2) is 0 Å². The second kappa shape index (κ2) is 7.56. The van der Waals surface area contributed by atoms with Gasteiger partial charge >= 0.3 is 11.8 Å². The summed E-state index contributed by atoms with van der Waals surface area (Å²) in [5, 5.41) is 6.92. The average molecular weight is 330 g/mol. The van der Waals surface area contributed by atoms with Crippen LogP contribution in [0.3, 0.4) is 0 Å². The van der Waals surface area contributed by atoms with E-state index in [0.717, 1.165) is 16.7 Å². The summed E-state index contributed by atoms with van der Waals surface area (Å²) < 4.78 is 0. The third kappa shape index (κ3) is 4.66. The van der Waals surface area contributed by atoms with E-state index in [1.165, 1.54) is 6.21 Å². The fraction of sp³-hybridized carbons (Fsp3) is 0.118. The van der Waals surface area contributed by atoms with Crippen LogP contribution < -0.4 is 10.7 Å². The zero-order valence-corrected chi connectivity index (χ0v) is 13.5. The molecule has 2 aromatic rings. The van der Waals surface area contributed by atoms with Crippen molar-refractivity contribution in [2.45, 2.75) is 13.8 Å². The van der Waals surface area contributed by atoms with Crippen molar-refractivity contribution in [2.24, 2.45) is 5.10 Å². The topological polar surface area (TPSA) is 70.6 Å². The van der Waals surface area contributed by atoms with Gasteiger partial charge in [-0.15, -0.1) is 0 Å². The second-order valence-electron chi connectivity index (χ2n) is 4.95. The normalized spacial score (nSPS) is 10.6. The lowest BCUT2D eigenvalue weighted by atomic mass is 10.1. The van der Waals surface area contributed by atoms with Crippen LogP contribution in [0.25, 0.3) is 0 Å². The molecule has 0 spiro atoms. The lowest BCUT2D eigenvalue weighted by Crippen LogP contribution is -2.32. The Kier molecular flexibility index (Phi) is 5.49. The highest BCUT2D eigenvalue weighted by Crippen LogP contribution is 2.17. The molecule has 0 fully saturated rings. The van der Waals surface area contributed by atoms with Crippen LogP contribution in [-0.2, 0) is 9.59 Å². The zero-order chi connectivity index (χ0) is 16.8. The Morgan fingerprint density at radius 3 is 2.43 bits per heavy atom. The first kappa shape index (κ1) is 16.7. The predicted octanol–water partition coefficient (Wildman–Crippen LogP) is 3.05. The summed E-state index contributed by atoms with van der Waals surface area (Å²) in [4.78, 5) is 23.6. The minimum absolute atomic E-state index is 0.604. The molecule has 0 heterocycles. The van der Waals surface area contributed by atoms with Gasteiger partial charge < -0.3 is 5.32 Å². The van der Waals surface area contributed by atoms with Gasteiger partial charge in [-0.05, 0) is 48.7 Å². The SMILES string of the molecule is Cc1cccc(NC(=O)C(=O)N/N=C/c2ccc(Cl)cc2)c1C. The van der Waals surface area contributed by atoms with Crippen LogP contribution in [-0.4, -0.2) is 18.0 Å². The second-order valence-corrected chi connectivity index (χ2v) is 5.39. The van der Waals surface area contributed by atoms with Crippen molar-refractivity contribution in [1.29, 1.82) is 0 Å². The van der Waals surface area contributed by atoms with Gasteiger partial charge in [-0.3, -0.25) is 9.59 Å². The van der Waals surface area contributed by atoms with Crippen LogP contribution in [0.15, 0.2) is 47.6 Å². The molecule has 23 heavy (non-hydrogen) atoms. The summed E-state index contributed by atoms with van der Waals surface area (Å²) in [7, 11) is 0. The van der Waals surface area contributed by atoms with Crippen molar-refractivity contribution >= 4 is 35.3 Å². The summed E-state index contributed by atoms with van der Waals surface area (Å²) in [6, 6.07) is 12.4. The van der Waals surface area contributed by atoms with Gasteiger partial charge in [-0.1, -0.05) is 35.9 Å². The molecule has 6 heteroatoms. The highest BCUT2D eigenvalue weighted by atomic mass is 35.5. The molecule has 0 atom stereocenters. The Morgan fingerprint density at radius 1 is 1.04 bits per heavy atom. The van der Waals surface area contributed by atoms with E-state index in [9.17, 15) is 9.59 Å². The minimum Gasteiger partial charge on any atom is -0.317 e. The average Bonchev–Trinajstić information content (AvgIpc) is 2.53. The number of amides is 2. The van der Waals surface area contributed by atoms with Gasteiger partial charge in [0.1, 0.15) is 0 Å². The Hall–Kier alpha value is -2.66. The molecule has 2 rings (SSSR count). The van der Waals surface area contributed by atoms with Gasteiger partial charge in [0.2, 0.25) is 0 Å². The molecule has 0 aliphatic carbocycles. The third-order valence-electron chi connectivity index (χ3n) is 3.31. The molecular weight excluding hydrogens is 314 g/mol. The lowest BCUT2D eigenvalue weighted by Gasteiger charge is -2.09. The molecule has 2 amide bonds. The number of aryl methyl sites for hydroxylation is 1. The van der Waals surface area contributed by atoms with Crippen LogP contribution >= 0.6 is 11.6 Å². The molecule has 2 aromatic carbocycles. The fourth-order valence-electron chi connectivity index (χ4n) is 1.83. The molecule has 0 aliphatic heterocycles. The molecule has 0 aliphatic rings. The minimum atomic E-state index is -0.837. The molecule has 0 aromatic heterocycles. The van der Waals surface area contributed by atoms with Crippen LogP contribution in [0.2, 0.25) is 5.02 Å². The number of hydrogen-bond acceptors (Lipinski definition) is 3. The number of halogens is 1. The van der Waals surface area contributed by atoms with Gasteiger partial charge in [0.05, 0.1) is 6.21 Å². The van der Waals surface area contributed by atoms with E-state index >= 15 is 0 Å². The summed E-state index contributed by atoms with van der Waals surface area (Å²) in [6.45, 7) is 3.81. The molecule has 0 bridgehead atoms. The first-order valence-electron chi connectivity index (χ1n) is 6.93. The van der Waals surface area contributed by atoms with Crippen LogP contribution in [0.5, 0.6) is 0 Å². The number of nitrogens with one attached hydrogen (secondary N) is 2. The molecule has 0 unspecified atom stereocenters. The summed E-state index contributed by atoms with van der Waals surface area (Å²) in [5.41, 5.74) is 5.49. The number of hydrazone groups is 1. The number of carbonyl (C=O) groups excluding carboxylic acids is 2. The maximum Gasteiger partial charge on any atom is 0.329 e. The fourth-order valence-corrected chi connectivity index (χ4v) is 1.96. The quantitative estimate of drug-likeness (QED) is 0.516. The molecule has 118 valence electrons. The number of anilines is 1. The largest absolute Gasteiger partial charge is 0.329 e. The van der Waals surface area contributed by atoms with E-state index in [1.54, 1.807) is 30.3 Å². The molecule has 5 nitrogen and oxygen atoms in total. The van der Waals surface area contributed by atoms with Gasteiger partial charge in [0, 0.05) is 10.7 Å². The number of benzene rings is 2. The Balaban J connectivity index is 1.94. The molecule has 2 N–H and O–H groups in total. The van der Waals surface area contributed by atoms with Crippen LogP contribution in [0.4, 0.5) is 5.69 Å². The van der Waals surface area contributed by atoms with Gasteiger partial charge in [-0.2, -0.15) is 5.10 Å². The predicted molar refractivity (Wildman–Crippen MR) is 91.7 cm³/mol. The number of hydrogen-bond donors (Lipinski definition) is 2. The maximum absolute atomic E-state index is 11.8. The highest BCUT2D eigenvalue weighted by molar-refractivity contribution is 6.39. The van der Waals surface area contributed by atoms with Crippen molar-refractivity contribution in [3.05, 3.63) is 64.2 Å². The van der Waals surface area contributed by atoms with Crippen molar-refractivity contribution in [3.63, 3.8) is 0 Å². The summed E-state index contributed by atoms with van der Waals surface area (Å²) in [6.07, 6.45) is 1.43. The first-order chi connectivity index (χ1) is 11.0. The van der Waals surface area contributed by atoms with E-state index in [1.807, 2.05) is 26.0 Å². The van der Waals surface area contributed by atoms with E-state index in [0.29, 0.717) is 10.7 Å². The van der Waals surface area contributed by atoms with E-state index in [2.05, 4.69) is 15.8 Å². The first-order valence-corrected chi connectivity index (χ1v) is 7.31. The van der Waals surface area contributed by atoms with E-state index in [4.69, 9.17) is 11.6 Å². The number of nitrogens with zero attached hydrogens (tertiary/aromatic N) is 1. The monoisotopic (exact) mass is 329 g/mol. The van der Waals surface area contributed by atoms with Crippen molar-refractivity contribution in [3.8, 4) is 0 Å². The standard InChI is InChI=1S/C17H16ClN3O2/c1-11-4-3-5-15(12(11)2)20-16(22)17(23)21-19-10-13-6-8-14(18)9-7-13/h3-10H,1-2H3,(H,20,22)(H,21,23)/b19-10+. The molecule has 0 saturated carbocycles. The summed E-state index contributed by atoms with van der Waals surface area (Å²) in [5.74, 6) is -1.61. The smallest absolute Gasteiger partial charge is 0.317 e. The Bertz CT molecular complexity index is 755. The molecule has 0 saturated heterocycles. The van der Waals surface area contributed by atoms with Gasteiger partial charge in [-0.25, -0.2) is 5.43 Å². The highest BCUT2D eigenvalue weighted by Gasteiger charge is 2.14. The number of rotatable bonds is 3. The Morgan fingerprint density at radius 2 is 1.74 bits per heavy atom. The number of carbonyl (C=O) groups is 2. The van der Waals surface area contributed by atoms with Crippen LogP contribution in [0.1, 0.15) is 16.7 Å². The third-order valence-corrected chi connectivity index (χ3v) is 3.56. The Labute approximate surface area is 139 Å². The van der Waals surface area contributed by atoms with Crippen molar-refractivity contribution < 1.29 is 9.59 Å². The summed E-state index contributed by atoms with van der Waals surface area (Å²) >= 11 is 5.77. The zero-order valence-electron chi connectivity index (χ0n) is 12.8. The van der Waals surface area contributed by atoms with E-state index in [-0.39, 0.29) is 0 Å². The van der Waals surface area contributed by atoms with Crippen LogP contribution in [0, 0.1) is 13.8 Å². The van der Waals surface area contributed by atoms with Crippen molar-refractivity contribution in [2.75, 3.05) is 5.32 Å². The van der Waals surface area contributed by atoms with Gasteiger partial charge in [0.25, 0.3) is 0 Å². The van der Waals surface area contributed by atoms with Crippen molar-refractivity contribution in [1.82, 2.24) is 5.43 Å². The lowest BCUT2D eigenvalue weighted by molar-refractivity contribution is -0.136. The maximum atomic E-state index is 11.8.